The summed E-state index contributed by atoms with van der Waals surface area (Å²) in [6, 6.07) is 14.5. The molecular weight excluding hydrogens is 439 g/mol. The first-order valence-electron chi connectivity index (χ1n) is 9.97. The molecule has 0 radical (unpaired) electrons. The van der Waals surface area contributed by atoms with Crippen molar-refractivity contribution in [1.29, 1.82) is 0 Å². The predicted octanol–water partition coefficient (Wildman–Crippen LogP) is 5.67. The predicted molar refractivity (Wildman–Crippen MR) is 126 cm³/mol. The number of amides is 2. The minimum Gasteiger partial charge on any atom is -0.354 e. The molecule has 0 aliphatic carbocycles. The Morgan fingerprint density at radius 2 is 1.63 bits per heavy atom. The van der Waals surface area contributed by atoms with Crippen LogP contribution >= 0.6 is 35.0 Å². The average molecular weight is 467 g/mol. The number of carbonyl (C=O) groups is 2. The van der Waals surface area contributed by atoms with Gasteiger partial charge >= 0.3 is 0 Å². The molecule has 2 rings (SSSR count). The molecule has 2 aromatic rings. The van der Waals surface area contributed by atoms with Crippen LogP contribution in [0.2, 0.25) is 10.0 Å². The molecule has 7 heteroatoms. The van der Waals surface area contributed by atoms with Gasteiger partial charge in [-0.3, -0.25) is 9.59 Å². The first-order valence-corrected chi connectivity index (χ1v) is 11.7. The number of hydrogen-bond donors (Lipinski definition) is 1. The number of thioether (sulfide) groups is 1. The minimum absolute atomic E-state index is 0.110. The Morgan fingerprint density at radius 1 is 1.00 bits per heavy atom. The van der Waals surface area contributed by atoms with E-state index in [1.165, 1.54) is 0 Å². The van der Waals surface area contributed by atoms with Gasteiger partial charge in [-0.25, -0.2) is 0 Å². The molecule has 1 unspecified atom stereocenters. The van der Waals surface area contributed by atoms with Gasteiger partial charge in [0.1, 0.15) is 6.04 Å². The Labute approximate surface area is 193 Å². The van der Waals surface area contributed by atoms with Gasteiger partial charge in [-0.05, 0) is 37.1 Å². The van der Waals surface area contributed by atoms with E-state index in [2.05, 4.69) is 5.32 Å². The summed E-state index contributed by atoms with van der Waals surface area (Å²) >= 11 is 14.3. The van der Waals surface area contributed by atoms with Crippen molar-refractivity contribution in [2.45, 2.75) is 44.7 Å². The second kappa shape index (κ2) is 12.2. The molecule has 0 saturated carbocycles. The van der Waals surface area contributed by atoms with Crippen molar-refractivity contribution < 1.29 is 9.59 Å². The van der Waals surface area contributed by atoms with E-state index >= 15 is 0 Å². The van der Waals surface area contributed by atoms with E-state index in [1.54, 1.807) is 41.8 Å². The van der Waals surface area contributed by atoms with Gasteiger partial charge in [-0.2, -0.15) is 0 Å². The lowest BCUT2D eigenvalue weighted by Crippen LogP contribution is -2.48. The second-order valence-corrected chi connectivity index (χ2v) is 9.43. The molecule has 0 heterocycles. The Balaban J connectivity index is 2.12. The molecule has 0 saturated heterocycles. The Morgan fingerprint density at radius 3 is 2.23 bits per heavy atom. The Bertz CT molecular complexity index is 826. The van der Waals surface area contributed by atoms with Crippen LogP contribution in [0.25, 0.3) is 0 Å². The maximum absolute atomic E-state index is 13.1. The quantitative estimate of drug-likeness (QED) is 0.459. The number of halogens is 2. The standard InChI is InChI=1S/C23H28Cl2N2O2S/c1-16(2)14-26-23(29)17(3)27(15-19-20(24)10-7-11-21(19)25)22(28)12-13-30-18-8-5-4-6-9-18/h4-11,16-17H,12-15H2,1-3H3,(H,26,29). The summed E-state index contributed by atoms with van der Waals surface area (Å²) in [4.78, 5) is 28.4. The summed E-state index contributed by atoms with van der Waals surface area (Å²) in [7, 11) is 0. The van der Waals surface area contributed by atoms with E-state index in [9.17, 15) is 9.59 Å². The summed E-state index contributed by atoms with van der Waals surface area (Å²) in [6.45, 7) is 6.53. The van der Waals surface area contributed by atoms with E-state index < -0.39 is 6.04 Å². The summed E-state index contributed by atoms with van der Waals surface area (Å²) in [5.74, 6) is 0.652. The molecule has 2 aromatic carbocycles. The van der Waals surface area contributed by atoms with E-state index in [1.807, 2.05) is 44.2 Å². The van der Waals surface area contributed by atoms with Gasteiger partial charge in [0, 0.05) is 45.8 Å². The maximum Gasteiger partial charge on any atom is 0.242 e. The molecule has 1 N–H and O–H groups in total. The SMILES string of the molecule is CC(C)CNC(=O)C(C)N(Cc1c(Cl)cccc1Cl)C(=O)CCSc1ccccc1. The summed E-state index contributed by atoms with van der Waals surface area (Å²) < 4.78 is 0. The molecule has 4 nitrogen and oxygen atoms in total. The highest BCUT2D eigenvalue weighted by Gasteiger charge is 2.27. The number of benzene rings is 2. The van der Waals surface area contributed by atoms with E-state index in [-0.39, 0.29) is 18.4 Å². The summed E-state index contributed by atoms with van der Waals surface area (Å²) in [6.07, 6.45) is 0.309. The largest absolute Gasteiger partial charge is 0.354 e. The van der Waals surface area contributed by atoms with Crippen molar-refractivity contribution in [2.75, 3.05) is 12.3 Å². The first-order chi connectivity index (χ1) is 14.3. The molecule has 1 atom stereocenters. The lowest BCUT2D eigenvalue weighted by molar-refractivity contribution is -0.140. The van der Waals surface area contributed by atoms with Crippen LogP contribution in [0.5, 0.6) is 0 Å². The number of carbonyl (C=O) groups excluding carboxylic acids is 2. The highest BCUT2D eigenvalue weighted by atomic mass is 35.5. The molecule has 0 spiro atoms. The van der Waals surface area contributed by atoms with Crippen molar-refractivity contribution in [3.8, 4) is 0 Å². The van der Waals surface area contributed by atoms with Crippen molar-refractivity contribution in [3.63, 3.8) is 0 Å². The van der Waals surface area contributed by atoms with Gasteiger partial charge < -0.3 is 10.2 Å². The van der Waals surface area contributed by atoms with Gasteiger partial charge in [0.2, 0.25) is 11.8 Å². The third kappa shape index (κ3) is 7.53. The highest BCUT2D eigenvalue weighted by Crippen LogP contribution is 2.27. The van der Waals surface area contributed by atoms with Crippen LogP contribution in [0, 0.1) is 5.92 Å². The number of nitrogens with zero attached hydrogens (tertiary/aromatic N) is 1. The van der Waals surface area contributed by atoms with Crippen LogP contribution in [-0.4, -0.2) is 35.1 Å². The third-order valence-electron chi connectivity index (χ3n) is 4.57. The van der Waals surface area contributed by atoms with Crippen molar-refractivity contribution in [2.24, 2.45) is 5.92 Å². The van der Waals surface area contributed by atoms with Crippen LogP contribution in [-0.2, 0) is 16.1 Å². The van der Waals surface area contributed by atoms with Gasteiger partial charge in [0.15, 0.2) is 0 Å². The monoisotopic (exact) mass is 466 g/mol. The fraction of sp³-hybridized carbons (Fsp3) is 0.391. The van der Waals surface area contributed by atoms with Crippen LogP contribution in [0.15, 0.2) is 53.4 Å². The zero-order chi connectivity index (χ0) is 22.1. The van der Waals surface area contributed by atoms with Crippen LogP contribution < -0.4 is 5.32 Å². The van der Waals surface area contributed by atoms with E-state index in [0.717, 1.165) is 4.90 Å². The van der Waals surface area contributed by atoms with Gasteiger partial charge in [0.05, 0.1) is 0 Å². The Kier molecular flexibility index (Phi) is 10.0. The van der Waals surface area contributed by atoms with E-state index in [4.69, 9.17) is 23.2 Å². The van der Waals surface area contributed by atoms with Gasteiger partial charge in [0.25, 0.3) is 0 Å². The average Bonchev–Trinajstić information content (AvgIpc) is 2.72. The second-order valence-electron chi connectivity index (χ2n) is 7.45. The van der Waals surface area contributed by atoms with Gasteiger partial charge in [-0.1, -0.05) is 61.3 Å². The molecule has 0 aromatic heterocycles. The maximum atomic E-state index is 13.1. The third-order valence-corrected chi connectivity index (χ3v) is 6.29. The fourth-order valence-electron chi connectivity index (χ4n) is 2.81. The van der Waals surface area contributed by atoms with Crippen molar-refractivity contribution >= 4 is 46.8 Å². The molecule has 0 aliphatic heterocycles. The smallest absolute Gasteiger partial charge is 0.242 e. The molecular formula is C23H28Cl2N2O2S. The number of rotatable bonds is 10. The lowest BCUT2D eigenvalue weighted by atomic mass is 10.1. The first kappa shape index (κ1) is 24.6. The summed E-state index contributed by atoms with van der Waals surface area (Å²) in [5.41, 5.74) is 0.647. The summed E-state index contributed by atoms with van der Waals surface area (Å²) in [5, 5.41) is 3.87. The molecule has 30 heavy (non-hydrogen) atoms. The lowest BCUT2D eigenvalue weighted by Gasteiger charge is -2.29. The fourth-order valence-corrected chi connectivity index (χ4v) is 4.18. The molecule has 162 valence electrons. The van der Waals surface area contributed by atoms with Crippen molar-refractivity contribution in [3.05, 3.63) is 64.1 Å². The zero-order valence-corrected chi connectivity index (χ0v) is 19.9. The van der Waals surface area contributed by atoms with E-state index in [0.29, 0.717) is 40.2 Å². The normalized spacial score (nSPS) is 11.9. The topological polar surface area (TPSA) is 49.4 Å². The van der Waals surface area contributed by atoms with Crippen molar-refractivity contribution in [1.82, 2.24) is 10.2 Å². The molecule has 0 bridgehead atoms. The number of hydrogen-bond acceptors (Lipinski definition) is 3. The van der Waals surface area contributed by atoms with Crippen LogP contribution in [0.3, 0.4) is 0 Å². The molecule has 2 amide bonds. The Hall–Kier alpha value is -1.69. The zero-order valence-electron chi connectivity index (χ0n) is 17.5. The molecule has 0 fully saturated rings. The minimum atomic E-state index is -0.634. The van der Waals surface area contributed by atoms with Crippen LogP contribution in [0.1, 0.15) is 32.8 Å². The molecule has 0 aliphatic rings. The number of nitrogens with one attached hydrogen (secondary N) is 1. The van der Waals surface area contributed by atoms with Crippen LogP contribution in [0.4, 0.5) is 0 Å². The highest BCUT2D eigenvalue weighted by molar-refractivity contribution is 7.99. The van der Waals surface area contributed by atoms with Gasteiger partial charge in [-0.15, -0.1) is 11.8 Å².